The number of carbonyl (C=O) groups is 2. The number of fused-ring (bicyclic) bond motifs is 5. The Hall–Kier alpha value is -1.62. The van der Waals surface area contributed by atoms with Crippen molar-refractivity contribution >= 4 is 11.6 Å². The van der Waals surface area contributed by atoms with Gasteiger partial charge < -0.3 is 0 Å². The molecule has 0 heterocycles. The summed E-state index contributed by atoms with van der Waals surface area (Å²) in [5, 5.41) is 0. The first kappa shape index (κ1) is 14.9. The number of terminal acetylenes is 1. The maximum atomic E-state index is 12.8. The van der Waals surface area contributed by atoms with Crippen LogP contribution in [-0.2, 0) is 9.59 Å². The van der Waals surface area contributed by atoms with E-state index in [9.17, 15) is 9.59 Å². The number of allylic oxidation sites excluding steroid dienone is 4. The summed E-state index contributed by atoms with van der Waals surface area (Å²) in [6, 6.07) is 0. The molecule has 2 saturated carbocycles. The predicted octanol–water partition coefficient (Wildman–Crippen LogP) is 3.72. The summed E-state index contributed by atoms with van der Waals surface area (Å²) < 4.78 is 0. The number of rotatable bonds is 0. The van der Waals surface area contributed by atoms with Gasteiger partial charge in [0, 0.05) is 24.0 Å². The lowest BCUT2D eigenvalue weighted by atomic mass is 9.47. The first-order chi connectivity index (χ1) is 11.0. The van der Waals surface area contributed by atoms with Crippen molar-refractivity contribution in [1.29, 1.82) is 0 Å². The van der Waals surface area contributed by atoms with Gasteiger partial charge in [-0.3, -0.25) is 9.59 Å². The SMILES string of the molecule is C#CC1=CCC2C3CC(=O)C4=CC(=O)CC[C@]4(C)C3C[C@@H](C)C12. The van der Waals surface area contributed by atoms with Crippen molar-refractivity contribution in [2.45, 2.75) is 46.0 Å². The molecular formula is C21H24O2. The maximum absolute atomic E-state index is 12.8. The lowest BCUT2D eigenvalue weighted by Gasteiger charge is -2.55. The highest BCUT2D eigenvalue weighted by molar-refractivity contribution is 6.05. The zero-order valence-corrected chi connectivity index (χ0v) is 14.0. The zero-order chi connectivity index (χ0) is 16.4. The van der Waals surface area contributed by atoms with Crippen LogP contribution < -0.4 is 0 Å². The Morgan fingerprint density at radius 2 is 2.09 bits per heavy atom. The number of hydrogen-bond acceptors (Lipinski definition) is 2. The highest BCUT2D eigenvalue weighted by atomic mass is 16.1. The summed E-state index contributed by atoms with van der Waals surface area (Å²) >= 11 is 0. The lowest BCUT2D eigenvalue weighted by Crippen LogP contribution is -2.52. The van der Waals surface area contributed by atoms with Crippen molar-refractivity contribution in [3.8, 4) is 12.3 Å². The van der Waals surface area contributed by atoms with E-state index in [0.29, 0.717) is 42.4 Å². The standard InChI is InChI=1S/C21H24O2/c1-4-13-5-6-15-16-11-19(23)18-10-14(22)7-8-21(18,3)17(16)9-12(2)20(13)15/h1,5,10,12,15-17,20H,6-9,11H2,2-3H3/t12-,15?,16?,17?,20?,21-/m1/s1. The Labute approximate surface area is 138 Å². The van der Waals surface area contributed by atoms with E-state index in [4.69, 9.17) is 6.42 Å². The minimum absolute atomic E-state index is 0.105. The number of carbonyl (C=O) groups excluding carboxylic acids is 2. The Morgan fingerprint density at radius 3 is 2.83 bits per heavy atom. The van der Waals surface area contributed by atoms with Crippen LogP contribution in [0.5, 0.6) is 0 Å². The van der Waals surface area contributed by atoms with Crippen LogP contribution in [0.1, 0.15) is 46.0 Å². The Balaban J connectivity index is 1.75. The zero-order valence-electron chi connectivity index (χ0n) is 14.0. The van der Waals surface area contributed by atoms with Crippen molar-refractivity contribution in [2.75, 3.05) is 0 Å². The molecule has 120 valence electrons. The van der Waals surface area contributed by atoms with Crippen molar-refractivity contribution in [3.05, 3.63) is 23.3 Å². The van der Waals surface area contributed by atoms with Crippen LogP contribution in [0.4, 0.5) is 0 Å². The molecular weight excluding hydrogens is 284 g/mol. The van der Waals surface area contributed by atoms with E-state index >= 15 is 0 Å². The van der Waals surface area contributed by atoms with Gasteiger partial charge in [-0.05, 0) is 60.3 Å². The van der Waals surface area contributed by atoms with Gasteiger partial charge in [-0.15, -0.1) is 6.42 Å². The quantitative estimate of drug-likeness (QED) is 0.639. The van der Waals surface area contributed by atoms with Gasteiger partial charge in [-0.25, -0.2) is 0 Å². The van der Waals surface area contributed by atoms with Gasteiger partial charge in [0.25, 0.3) is 0 Å². The number of ketones is 2. The second kappa shape index (κ2) is 4.94. The summed E-state index contributed by atoms with van der Waals surface area (Å²) in [4.78, 5) is 24.6. The van der Waals surface area contributed by atoms with E-state index < -0.39 is 0 Å². The van der Waals surface area contributed by atoms with Crippen molar-refractivity contribution in [3.63, 3.8) is 0 Å². The molecule has 4 rings (SSSR count). The Bertz CT molecular complexity index is 689. The van der Waals surface area contributed by atoms with Crippen LogP contribution >= 0.6 is 0 Å². The van der Waals surface area contributed by atoms with Gasteiger partial charge >= 0.3 is 0 Å². The summed E-state index contributed by atoms with van der Waals surface area (Å²) in [5.74, 6) is 5.73. The summed E-state index contributed by atoms with van der Waals surface area (Å²) in [5.41, 5.74) is 1.88. The van der Waals surface area contributed by atoms with E-state index in [1.54, 1.807) is 6.08 Å². The molecule has 0 bridgehead atoms. The Morgan fingerprint density at radius 1 is 1.30 bits per heavy atom. The smallest absolute Gasteiger partial charge is 0.159 e. The van der Waals surface area contributed by atoms with Crippen LogP contribution in [-0.4, -0.2) is 11.6 Å². The minimum atomic E-state index is -0.105. The summed E-state index contributed by atoms with van der Waals surface area (Å²) in [6.45, 7) is 4.55. The molecule has 6 atom stereocenters. The van der Waals surface area contributed by atoms with Gasteiger partial charge in [-0.2, -0.15) is 0 Å². The maximum Gasteiger partial charge on any atom is 0.159 e. The summed E-state index contributed by atoms with van der Waals surface area (Å²) in [7, 11) is 0. The fourth-order valence-electron chi connectivity index (χ4n) is 6.17. The van der Waals surface area contributed by atoms with Crippen molar-refractivity contribution in [2.24, 2.45) is 35.0 Å². The van der Waals surface area contributed by atoms with Crippen LogP contribution in [0.25, 0.3) is 0 Å². The molecule has 0 aromatic carbocycles. The first-order valence-electron chi connectivity index (χ1n) is 8.90. The van der Waals surface area contributed by atoms with Crippen LogP contribution in [0.2, 0.25) is 0 Å². The fourth-order valence-corrected chi connectivity index (χ4v) is 6.17. The van der Waals surface area contributed by atoms with Gasteiger partial charge in [0.15, 0.2) is 11.6 Å². The average Bonchev–Trinajstić information content (AvgIpc) is 2.96. The molecule has 4 aliphatic rings. The van der Waals surface area contributed by atoms with E-state index in [2.05, 4.69) is 25.8 Å². The van der Waals surface area contributed by atoms with Crippen molar-refractivity contribution < 1.29 is 9.59 Å². The van der Waals surface area contributed by atoms with Crippen LogP contribution in [0, 0.1) is 47.3 Å². The third-order valence-electron chi connectivity index (χ3n) is 7.25. The van der Waals surface area contributed by atoms with Gasteiger partial charge in [0.1, 0.15) is 0 Å². The monoisotopic (exact) mass is 308 g/mol. The molecule has 0 radical (unpaired) electrons. The molecule has 2 heteroatoms. The molecule has 0 amide bonds. The second-order valence-corrected chi connectivity index (χ2v) is 8.28. The Kier molecular flexibility index (Phi) is 3.21. The van der Waals surface area contributed by atoms with Gasteiger partial charge in [0.2, 0.25) is 0 Å². The lowest BCUT2D eigenvalue weighted by molar-refractivity contribution is -0.129. The largest absolute Gasteiger partial charge is 0.295 e. The van der Waals surface area contributed by atoms with Gasteiger partial charge in [0.05, 0.1) is 0 Å². The normalized spacial score (nSPS) is 45.3. The topological polar surface area (TPSA) is 34.1 Å². The van der Waals surface area contributed by atoms with Crippen molar-refractivity contribution in [1.82, 2.24) is 0 Å². The second-order valence-electron chi connectivity index (χ2n) is 8.28. The molecule has 0 spiro atoms. The molecule has 0 saturated heterocycles. The van der Waals surface area contributed by atoms with E-state index in [1.807, 2.05) is 0 Å². The molecule has 2 nitrogen and oxygen atoms in total. The highest BCUT2D eigenvalue weighted by Gasteiger charge is 2.57. The third-order valence-corrected chi connectivity index (χ3v) is 7.25. The van der Waals surface area contributed by atoms with E-state index in [-0.39, 0.29) is 17.0 Å². The molecule has 0 aliphatic heterocycles. The molecule has 4 unspecified atom stereocenters. The number of Topliss-reactive ketones (excluding diaryl/α,β-unsaturated/α-hetero) is 1. The third kappa shape index (κ3) is 1.95. The van der Waals surface area contributed by atoms with Crippen LogP contribution in [0.3, 0.4) is 0 Å². The highest BCUT2D eigenvalue weighted by Crippen LogP contribution is 2.61. The summed E-state index contributed by atoms with van der Waals surface area (Å²) in [6.07, 6.45) is 13.8. The fraction of sp³-hybridized carbons (Fsp3) is 0.619. The molecule has 23 heavy (non-hydrogen) atoms. The molecule has 4 aliphatic carbocycles. The van der Waals surface area contributed by atoms with Gasteiger partial charge in [-0.1, -0.05) is 25.8 Å². The van der Waals surface area contributed by atoms with Crippen LogP contribution in [0.15, 0.2) is 23.3 Å². The predicted molar refractivity (Wildman–Crippen MR) is 89.3 cm³/mol. The molecule has 2 fully saturated rings. The van der Waals surface area contributed by atoms with E-state index in [0.717, 1.165) is 24.8 Å². The minimum Gasteiger partial charge on any atom is -0.295 e. The average molecular weight is 308 g/mol. The first-order valence-corrected chi connectivity index (χ1v) is 8.90. The molecule has 0 N–H and O–H groups in total. The molecule has 0 aromatic rings. The molecule has 0 aromatic heterocycles. The van der Waals surface area contributed by atoms with E-state index in [1.165, 1.54) is 5.57 Å². The number of hydrogen-bond donors (Lipinski definition) is 0.